The fourth-order valence-corrected chi connectivity index (χ4v) is 13.2. The summed E-state index contributed by atoms with van der Waals surface area (Å²) in [6.07, 6.45) is 22.3. The summed E-state index contributed by atoms with van der Waals surface area (Å²) in [4.78, 5) is 2.83. The van der Waals surface area contributed by atoms with E-state index >= 15 is 0 Å². The molecule has 8 atom stereocenters. The topological polar surface area (TPSA) is 0 Å². The summed E-state index contributed by atoms with van der Waals surface area (Å²) >= 11 is 10.9. The summed E-state index contributed by atoms with van der Waals surface area (Å²) in [5.41, 5.74) is 8.74. The Hall–Kier alpha value is 0.523. The zero-order chi connectivity index (χ0) is 33.5. The van der Waals surface area contributed by atoms with Gasteiger partial charge in [0.2, 0.25) is 0 Å². The summed E-state index contributed by atoms with van der Waals surface area (Å²) in [5.74, 6) is 6.44. The monoisotopic (exact) mass is 850 g/mol. The molecule has 0 amide bonds. The van der Waals surface area contributed by atoms with Gasteiger partial charge in [-0.05, 0) is 135 Å². The van der Waals surface area contributed by atoms with Crippen molar-refractivity contribution < 1.29 is 20.8 Å². The molecule has 268 valence electrons. The van der Waals surface area contributed by atoms with Crippen LogP contribution in [0.4, 0.5) is 0 Å². The van der Waals surface area contributed by atoms with E-state index in [1.807, 2.05) is 11.8 Å². The molecule has 0 nitrogen and oxygen atoms in total. The molecule has 0 heterocycles. The van der Waals surface area contributed by atoms with Crippen molar-refractivity contribution in [3.63, 3.8) is 0 Å². The molecular formula is C42H58Cl2S4Zr. The van der Waals surface area contributed by atoms with Crippen LogP contribution in [-0.2, 0) is 56.1 Å². The van der Waals surface area contributed by atoms with Gasteiger partial charge in [-0.1, -0.05) is 98.9 Å². The van der Waals surface area contributed by atoms with E-state index in [0.717, 1.165) is 58.8 Å². The van der Waals surface area contributed by atoms with Gasteiger partial charge in [-0.15, -0.1) is 0 Å². The molecule has 0 bridgehead atoms. The van der Waals surface area contributed by atoms with Crippen LogP contribution >= 0.6 is 40.5 Å². The fourth-order valence-electron chi connectivity index (χ4n) is 9.93. The van der Waals surface area contributed by atoms with Gasteiger partial charge in [-0.3, -0.25) is 0 Å². The molecule has 49 heavy (non-hydrogen) atoms. The number of allylic oxidation sites excluding steroid dienone is 2. The van der Waals surface area contributed by atoms with Crippen LogP contribution in [0.15, 0.2) is 57.3 Å². The van der Waals surface area contributed by atoms with Crippen molar-refractivity contribution in [2.24, 2.45) is 35.5 Å². The summed E-state index contributed by atoms with van der Waals surface area (Å²) < 4.78 is 0. The average Bonchev–Trinajstić information content (AvgIpc) is 3.83. The summed E-state index contributed by atoms with van der Waals surface area (Å²) in [7, 11) is 9.87. The zero-order valence-corrected chi connectivity index (χ0v) is 37.8. The second kappa shape index (κ2) is 21.4. The molecule has 8 unspecified atom stereocenters. The van der Waals surface area contributed by atoms with Crippen molar-refractivity contribution >= 4 is 75.1 Å². The first-order chi connectivity index (χ1) is 22.8. The van der Waals surface area contributed by atoms with Crippen LogP contribution in [0.3, 0.4) is 0 Å². The van der Waals surface area contributed by atoms with Gasteiger partial charge in [0.05, 0.1) is 0 Å². The fraction of sp³-hybridized carbons (Fsp3) is 0.571. The van der Waals surface area contributed by atoms with Crippen LogP contribution in [0.1, 0.15) is 114 Å². The van der Waals surface area contributed by atoms with E-state index in [0.29, 0.717) is 0 Å². The van der Waals surface area contributed by atoms with Gasteiger partial charge in [-0.25, -0.2) is 0 Å². The Bertz CT molecular complexity index is 1310. The molecule has 0 spiro atoms. The van der Waals surface area contributed by atoms with Gasteiger partial charge in [0, 0.05) is 42.7 Å². The minimum absolute atomic E-state index is 0. The van der Waals surface area contributed by atoms with E-state index in [4.69, 9.17) is 17.0 Å². The van der Waals surface area contributed by atoms with Crippen LogP contribution in [0.2, 0.25) is 0 Å². The van der Waals surface area contributed by atoms with Gasteiger partial charge < -0.3 is 14.9 Å². The zero-order valence-electron chi connectivity index (χ0n) is 30.6. The molecule has 2 aromatic carbocycles. The van der Waals surface area contributed by atoms with E-state index in [-0.39, 0.29) is 14.9 Å². The van der Waals surface area contributed by atoms with Crippen molar-refractivity contribution in [2.75, 3.05) is 0 Å². The molecule has 0 aromatic heterocycles. The van der Waals surface area contributed by atoms with Crippen molar-refractivity contribution in [2.45, 2.75) is 125 Å². The number of rotatable bonds is 4. The SMILES string of the molecule is CC1=Cc2cccc(Sc3cccc4c3CC(C)=C4)c2C1.CC1CC2CCCC(SC3CCCC4CC(C)CC43)C2C1.S=S.[CH3-].[CH3-].[Cl][Zr+2][Cl]. The van der Waals surface area contributed by atoms with E-state index < -0.39 is 20.8 Å². The third-order valence-corrected chi connectivity index (χ3v) is 14.8. The molecule has 0 aliphatic heterocycles. The molecule has 8 rings (SSSR count). The normalized spacial score (nSPS) is 29.8. The molecule has 0 N–H and O–H groups in total. The second-order valence-corrected chi connectivity index (χ2v) is 21.5. The molecule has 0 saturated heterocycles. The third kappa shape index (κ3) is 11.3. The van der Waals surface area contributed by atoms with Crippen LogP contribution < -0.4 is 0 Å². The van der Waals surface area contributed by atoms with Gasteiger partial charge in [0.15, 0.2) is 0 Å². The molecule has 7 heteroatoms. The first-order valence-corrected chi connectivity index (χ1v) is 27.3. The molecule has 6 aliphatic rings. The van der Waals surface area contributed by atoms with E-state index in [2.05, 4.69) is 110 Å². The van der Waals surface area contributed by atoms with Gasteiger partial charge >= 0.3 is 37.9 Å². The number of benzene rings is 2. The molecule has 0 radical (unpaired) electrons. The summed E-state index contributed by atoms with van der Waals surface area (Å²) in [5, 5.41) is 2.07. The molecule has 2 aromatic rings. The van der Waals surface area contributed by atoms with Crippen LogP contribution in [0.25, 0.3) is 12.2 Å². The standard InChI is InChI=1S/C20H34S.C20H18S.2CH3.2ClH.S2.Zr/c2*1-13-9-15-5-3-7-19(17(15)11-13)21-20-8-4-6-16-10-14(2)12-18(16)20;;;;;1-2;/h13-20H,3-12H2,1-2H3;3-10H,11-12H2,1-2H3;2*1H3;2*1H;;/q;;2*-1;;;;+4/p-2. The number of hydrogen-bond acceptors (Lipinski definition) is 4. The number of fused-ring (bicyclic) bond motifs is 4. The van der Waals surface area contributed by atoms with E-state index in [9.17, 15) is 0 Å². The number of thioether (sulfide) groups is 1. The first-order valence-electron chi connectivity index (χ1n) is 17.9. The first kappa shape index (κ1) is 43.9. The van der Waals surface area contributed by atoms with Crippen LogP contribution in [-0.4, -0.2) is 10.5 Å². The predicted molar refractivity (Wildman–Crippen MR) is 225 cm³/mol. The second-order valence-electron chi connectivity index (χ2n) is 15.2. The molecule has 4 saturated carbocycles. The minimum atomic E-state index is -0.826. The van der Waals surface area contributed by atoms with Gasteiger partial charge in [0.25, 0.3) is 0 Å². The maximum atomic E-state index is 4.93. The number of hydrogen-bond donors (Lipinski definition) is 0. The molecule has 4 fully saturated rings. The van der Waals surface area contributed by atoms with Crippen molar-refractivity contribution in [1.82, 2.24) is 0 Å². The quantitative estimate of drug-likeness (QED) is 0.281. The Morgan fingerprint density at radius 1 is 0.653 bits per heavy atom. The Labute approximate surface area is 337 Å². The van der Waals surface area contributed by atoms with Crippen molar-refractivity contribution in [1.29, 1.82) is 0 Å². The Kier molecular flexibility index (Phi) is 19.2. The summed E-state index contributed by atoms with van der Waals surface area (Å²) in [6.45, 7) is 9.47. The summed E-state index contributed by atoms with van der Waals surface area (Å²) in [6, 6.07) is 13.4. The Morgan fingerprint density at radius 2 is 1.06 bits per heavy atom. The van der Waals surface area contributed by atoms with E-state index in [1.165, 1.54) is 56.0 Å². The number of halogens is 2. The Morgan fingerprint density at radius 3 is 1.47 bits per heavy atom. The average molecular weight is 853 g/mol. The van der Waals surface area contributed by atoms with E-state index in [1.54, 1.807) is 51.4 Å². The van der Waals surface area contributed by atoms with Crippen LogP contribution in [0.5, 0.6) is 0 Å². The third-order valence-electron chi connectivity index (χ3n) is 11.7. The van der Waals surface area contributed by atoms with Crippen molar-refractivity contribution in [3.8, 4) is 0 Å². The maximum absolute atomic E-state index is 4.93. The Balaban J connectivity index is 0.000000227. The molecule has 6 aliphatic carbocycles. The molecular weight excluding hydrogens is 795 g/mol. The van der Waals surface area contributed by atoms with Gasteiger partial charge in [0.1, 0.15) is 0 Å². The van der Waals surface area contributed by atoms with Gasteiger partial charge in [-0.2, -0.15) is 11.8 Å². The van der Waals surface area contributed by atoms with Crippen molar-refractivity contribution in [3.05, 3.63) is 84.7 Å². The van der Waals surface area contributed by atoms with Crippen LogP contribution in [0, 0.1) is 50.4 Å². The predicted octanol–water partition coefficient (Wildman–Crippen LogP) is 14.2.